The van der Waals surface area contributed by atoms with Crippen LogP contribution in [0, 0.1) is 0 Å². The summed E-state index contributed by atoms with van der Waals surface area (Å²) in [5.74, 6) is 1.35. The summed E-state index contributed by atoms with van der Waals surface area (Å²) in [6.45, 7) is 12.1. The van der Waals surface area contributed by atoms with Crippen molar-refractivity contribution in [1.29, 1.82) is 0 Å². The Morgan fingerprint density at radius 2 is 1.74 bits per heavy atom. The minimum atomic E-state index is -0.505. The standard InChI is InChI=1S/C17H30N4O2/c1-16(2,3)15-19-14(20-23-15)17(4,5)18-12-13(22)21-10-8-6-7-9-11-21/h18H,6-12H2,1-5H3. The number of carbonyl (C=O) groups excluding carboxylic acids is 1. The number of carbonyl (C=O) groups is 1. The number of nitrogens with one attached hydrogen (secondary N) is 1. The molecule has 0 saturated carbocycles. The summed E-state index contributed by atoms with van der Waals surface area (Å²) in [5, 5.41) is 7.37. The summed E-state index contributed by atoms with van der Waals surface area (Å²) < 4.78 is 5.36. The molecule has 1 aliphatic rings. The fraction of sp³-hybridized carbons (Fsp3) is 0.824. The Morgan fingerprint density at radius 1 is 1.13 bits per heavy atom. The zero-order valence-electron chi connectivity index (χ0n) is 15.1. The topological polar surface area (TPSA) is 71.3 Å². The lowest BCUT2D eigenvalue weighted by molar-refractivity contribution is -0.130. The third kappa shape index (κ3) is 4.77. The SMILES string of the molecule is CC(C)(C)c1nc(C(C)(C)NCC(=O)N2CCCCCC2)no1. The van der Waals surface area contributed by atoms with Crippen molar-refractivity contribution in [3.8, 4) is 0 Å². The summed E-state index contributed by atoms with van der Waals surface area (Å²) in [6, 6.07) is 0. The molecule has 130 valence electrons. The first-order valence-electron chi connectivity index (χ1n) is 8.57. The Hall–Kier alpha value is -1.43. The molecule has 1 fully saturated rings. The van der Waals surface area contributed by atoms with Gasteiger partial charge in [-0.3, -0.25) is 10.1 Å². The third-order valence-corrected chi connectivity index (χ3v) is 4.27. The molecule has 6 nitrogen and oxygen atoms in total. The van der Waals surface area contributed by atoms with Crippen LogP contribution in [0.4, 0.5) is 0 Å². The van der Waals surface area contributed by atoms with E-state index in [1.807, 2.05) is 39.5 Å². The van der Waals surface area contributed by atoms with Gasteiger partial charge in [0.15, 0.2) is 5.82 Å². The van der Waals surface area contributed by atoms with Gasteiger partial charge in [0, 0.05) is 18.5 Å². The van der Waals surface area contributed by atoms with E-state index < -0.39 is 5.54 Å². The fourth-order valence-corrected chi connectivity index (χ4v) is 2.59. The number of hydrogen-bond acceptors (Lipinski definition) is 5. The molecule has 23 heavy (non-hydrogen) atoms. The summed E-state index contributed by atoms with van der Waals surface area (Å²) >= 11 is 0. The lowest BCUT2D eigenvalue weighted by atomic mass is 9.97. The van der Waals surface area contributed by atoms with Gasteiger partial charge in [0.1, 0.15) is 0 Å². The zero-order valence-corrected chi connectivity index (χ0v) is 15.1. The van der Waals surface area contributed by atoms with Gasteiger partial charge in [0.25, 0.3) is 0 Å². The molecule has 1 amide bonds. The summed E-state index contributed by atoms with van der Waals surface area (Å²) in [5.41, 5.74) is -0.683. The van der Waals surface area contributed by atoms with Crippen molar-refractivity contribution < 1.29 is 9.32 Å². The molecule has 2 rings (SSSR count). The molecule has 1 aromatic rings. The molecular formula is C17H30N4O2. The van der Waals surface area contributed by atoms with Gasteiger partial charge in [-0.25, -0.2) is 0 Å². The van der Waals surface area contributed by atoms with E-state index in [1.54, 1.807) is 0 Å². The van der Waals surface area contributed by atoms with Gasteiger partial charge < -0.3 is 9.42 Å². The number of amides is 1. The highest BCUT2D eigenvalue weighted by molar-refractivity contribution is 5.78. The van der Waals surface area contributed by atoms with E-state index in [2.05, 4.69) is 15.5 Å². The minimum Gasteiger partial charge on any atom is -0.342 e. The van der Waals surface area contributed by atoms with Crippen molar-refractivity contribution >= 4 is 5.91 Å². The number of likely N-dealkylation sites (tertiary alicyclic amines) is 1. The maximum absolute atomic E-state index is 12.4. The first kappa shape index (κ1) is 17.9. The highest BCUT2D eigenvalue weighted by Crippen LogP contribution is 2.23. The quantitative estimate of drug-likeness (QED) is 0.922. The van der Waals surface area contributed by atoms with Gasteiger partial charge in [-0.05, 0) is 26.7 Å². The van der Waals surface area contributed by atoms with Gasteiger partial charge in [-0.1, -0.05) is 38.8 Å². The molecule has 0 bridgehead atoms. The third-order valence-electron chi connectivity index (χ3n) is 4.27. The smallest absolute Gasteiger partial charge is 0.236 e. The molecule has 1 aliphatic heterocycles. The molecule has 1 N–H and O–H groups in total. The fourth-order valence-electron chi connectivity index (χ4n) is 2.59. The molecule has 0 atom stereocenters. The Labute approximate surface area is 139 Å². The van der Waals surface area contributed by atoms with Gasteiger partial charge in [-0.15, -0.1) is 0 Å². The minimum absolute atomic E-state index is 0.152. The molecule has 0 aromatic carbocycles. The van der Waals surface area contributed by atoms with Crippen molar-refractivity contribution in [2.45, 2.75) is 71.3 Å². The average Bonchev–Trinajstić information content (AvgIpc) is 2.83. The predicted molar refractivity (Wildman–Crippen MR) is 89.1 cm³/mol. The van der Waals surface area contributed by atoms with E-state index in [1.165, 1.54) is 12.8 Å². The molecule has 2 heterocycles. The second kappa shape index (κ2) is 6.99. The van der Waals surface area contributed by atoms with Crippen LogP contribution in [0.2, 0.25) is 0 Å². The maximum Gasteiger partial charge on any atom is 0.236 e. The number of hydrogen-bond donors (Lipinski definition) is 1. The highest BCUT2D eigenvalue weighted by atomic mass is 16.5. The molecular weight excluding hydrogens is 292 g/mol. The molecule has 1 aromatic heterocycles. The van der Waals surface area contributed by atoms with Gasteiger partial charge in [0.2, 0.25) is 11.8 Å². The van der Waals surface area contributed by atoms with Crippen LogP contribution in [0.1, 0.15) is 72.0 Å². The Balaban J connectivity index is 1.95. The van der Waals surface area contributed by atoms with Gasteiger partial charge in [0.05, 0.1) is 12.1 Å². The summed E-state index contributed by atoms with van der Waals surface area (Å²) in [4.78, 5) is 18.9. The molecule has 6 heteroatoms. The molecule has 0 aliphatic carbocycles. The summed E-state index contributed by atoms with van der Waals surface area (Å²) in [7, 11) is 0. The van der Waals surface area contributed by atoms with E-state index in [0.717, 1.165) is 25.9 Å². The van der Waals surface area contributed by atoms with Crippen molar-refractivity contribution in [3.05, 3.63) is 11.7 Å². The lowest BCUT2D eigenvalue weighted by Crippen LogP contribution is -2.45. The monoisotopic (exact) mass is 322 g/mol. The van der Waals surface area contributed by atoms with Crippen LogP contribution in [-0.4, -0.2) is 40.6 Å². The second-order valence-corrected chi connectivity index (χ2v) is 7.95. The average molecular weight is 322 g/mol. The van der Waals surface area contributed by atoms with E-state index in [9.17, 15) is 4.79 Å². The number of rotatable bonds is 4. The van der Waals surface area contributed by atoms with Crippen molar-refractivity contribution in [1.82, 2.24) is 20.4 Å². The Morgan fingerprint density at radius 3 is 2.26 bits per heavy atom. The normalized spacial score (nSPS) is 17.2. The summed E-state index contributed by atoms with van der Waals surface area (Å²) in [6.07, 6.45) is 4.66. The lowest BCUT2D eigenvalue weighted by Gasteiger charge is -2.25. The van der Waals surface area contributed by atoms with Crippen LogP contribution in [0.3, 0.4) is 0 Å². The first-order chi connectivity index (χ1) is 10.7. The Bertz CT molecular complexity index is 523. The van der Waals surface area contributed by atoms with Crippen LogP contribution < -0.4 is 5.32 Å². The predicted octanol–water partition coefficient (Wildman–Crippen LogP) is 2.59. The molecule has 1 saturated heterocycles. The van der Waals surface area contributed by atoms with Gasteiger partial charge in [-0.2, -0.15) is 4.98 Å². The first-order valence-corrected chi connectivity index (χ1v) is 8.57. The van der Waals surface area contributed by atoms with E-state index >= 15 is 0 Å². The molecule has 0 radical (unpaired) electrons. The van der Waals surface area contributed by atoms with E-state index in [4.69, 9.17) is 4.52 Å². The van der Waals surface area contributed by atoms with Crippen molar-refractivity contribution in [2.75, 3.05) is 19.6 Å². The number of aromatic nitrogens is 2. The van der Waals surface area contributed by atoms with E-state index in [0.29, 0.717) is 18.3 Å². The zero-order chi connectivity index (χ0) is 17.1. The van der Waals surface area contributed by atoms with Crippen LogP contribution in [-0.2, 0) is 15.7 Å². The van der Waals surface area contributed by atoms with Gasteiger partial charge >= 0.3 is 0 Å². The molecule has 0 unspecified atom stereocenters. The van der Waals surface area contributed by atoms with Crippen LogP contribution in [0.5, 0.6) is 0 Å². The van der Waals surface area contributed by atoms with Crippen LogP contribution in [0.15, 0.2) is 4.52 Å². The maximum atomic E-state index is 12.4. The molecule has 0 spiro atoms. The van der Waals surface area contributed by atoms with Crippen LogP contribution >= 0.6 is 0 Å². The van der Waals surface area contributed by atoms with E-state index in [-0.39, 0.29) is 11.3 Å². The number of nitrogens with zero attached hydrogens (tertiary/aromatic N) is 3. The highest BCUT2D eigenvalue weighted by Gasteiger charge is 2.30. The second-order valence-electron chi connectivity index (χ2n) is 7.95. The van der Waals surface area contributed by atoms with Crippen LogP contribution in [0.25, 0.3) is 0 Å². The largest absolute Gasteiger partial charge is 0.342 e. The van der Waals surface area contributed by atoms with Crippen molar-refractivity contribution in [2.24, 2.45) is 0 Å². The Kier molecular flexibility index (Phi) is 5.45. The van der Waals surface area contributed by atoms with Crippen molar-refractivity contribution in [3.63, 3.8) is 0 Å².